The molecule has 0 aliphatic heterocycles. The summed E-state index contributed by atoms with van der Waals surface area (Å²) in [4.78, 5) is 10.2. The average Bonchev–Trinajstić information content (AvgIpc) is 2.94. The van der Waals surface area contributed by atoms with Crippen LogP contribution in [-0.4, -0.2) is 19.8 Å². The Hall–Kier alpha value is -2.87. The van der Waals surface area contributed by atoms with Crippen molar-refractivity contribution >= 4 is 17.4 Å². The lowest BCUT2D eigenvalue weighted by atomic mass is 10.1. The molecule has 0 bridgehead atoms. The molecule has 0 unspecified atom stereocenters. The van der Waals surface area contributed by atoms with Crippen molar-refractivity contribution in [1.82, 2.24) is 14.9 Å². The minimum Gasteiger partial charge on any atom is -0.335 e. The number of nitrogens with zero attached hydrogens (tertiary/aromatic N) is 4. The molecule has 122 valence electrons. The number of non-ortho nitro benzene ring substituents is 1. The minimum absolute atomic E-state index is 0.0765. The van der Waals surface area contributed by atoms with Crippen LogP contribution in [0.15, 0.2) is 53.7 Å². The van der Waals surface area contributed by atoms with Gasteiger partial charge in [0.05, 0.1) is 4.92 Å². The van der Waals surface area contributed by atoms with Crippen LogP contribution in [0.2, 0.25) is 0 Å². The largest absolute Gasteiger partial charge is 0.335 e. The lowest BCUT2D eigenvalue weighted by Gasteiger charge is -2.06. The smallest absolute Gasteiger partial charge is 0.269 e. The molecular weight excluding hydrogens is 326 g/mol. The van der Waals surface area contributed by atoms with Gasteiger partial charge >= 0.3 is 0 Å². The lowest BCUT2D eigenvalue weighted by Crippen LogP contribution is -2.12. The van der Waals surface area contributed by atoms with E-state index in [2.05, 4.69) is 10.2 Å². The van der Waals surface area contributed by atoms with E-state index in [1.165, 1.54) is 28.6 Å². The van der Waals surface area contributed by atoms with Gasteiger partial charge in [-0.3, -0.25) is 10.1 Å². The fourth-order valence-corrected chi connectivity index (χ4v) is 3.06. The first-order chi connectivity index (χ1) is 11.6. The summed E-state index contributed by atoms with van der Waals surface area (Å²) in [5.41, 5.74) is 3.04. The van der Waals surface area contributed by atoms with Gasteiger partial charge in [-0.2, -0.15) is 0 Å². The molecule has 2 N–H and O–H groups in total. The highest BCUT2D eigenvalue weighted by atomic mass is 32.2. The monoisotopic (exact) mass is 341 g/mol. The molecule has 0 amide bonds. The number of benzene rings is 2. The Labute approximate surface area is 142 Å². The molecule has 0 aliphatic rings. The number of nitro benzene ring substituents is 1. The Morgan fingerprint density at radius 3 is 2.54 bits per heavy atom. The molecule has 2 aromatic carbocycles. The SMILES string of the molecule is Cc1ccccc1-c1nnc(SCc2ccc([N+](=O)[O-])cc2)n1N. The molecule has 7 nitrogen and oxygen atoms in total. The fraction of sp³-hybridized carbons (Fsp3) is 0.125. The van der Waals surface area contributed by atoms with E-state index >= 15 is 0 Å². The van der Waals surface area contributed by atoms with E-state index in [0.717, 1.165) is 16.7 Å². The van der Waals surface area contributed by atoms with Crippen LogP contribution in [0.25, 0.3) is 11.4 Å². The summed E-state index contributed by atoms with van der Waals surface area (Å²) in [5.74, 6) is 7.32. The van der Waals surface area contributed by atoms with Crippen molar-refractivity contribution in [2.24, 2.45) is 0 Å². The molecule has 3 aromatic rings. The van der Waals surface area contributed by atoms with Gasteiger partial charge in [-0.1, -0.05) is 48.2 Å². The molecule has 24 heavy (non-hydrogen) atoms. The van der Waals surface area contributed by atoms with Gasteiger partial charge in [0, 0.05) is 23.4 Å². The number of thioether (sulfide) groups is 1. The van der Waals surface area contributed by atoms with Gasteiger partial charge in [-0.25, -0.2) is 4.68 Å². The zero-order valence-electron chi connectivity index (χ0n) is 12.9. The summed E-state index contributed by atoms with van der Waals surface area (Å²) >= 11 is 1.43. The van der Waals surface area contributed by atoms with Gasteiger partial charge in [0.1, 0.15) is 0 Å². The first-order valence-corrected chi connectivity index (χ1v) is 8.17. The Balaban J connectivity index is 1.75. The summed E-state index contributed by atoms with van der Waals surface area (Å²) in [6.45, 7) is 1.99. The second-order valence-corrected chi connectivity index (χ2v) is 6.15. The van der Waals surface area contributed by atoms with Crippen molar-refractivity contribution in [3.05, 3.63) is 69.8 Å². The summed E-state index contributed by atoms with van der Waals surface area (Å²) in [6, 6.07) is 14.3. The topological polar surface area (TPSA) is 99.9 Å². The van der Waals surface area contributed by atoms with E-state index in [9.17, 15) is 10.1 Å². The molecule has 0 atom stereocenters. The third-order valence-corrected chi connectivity index (χ3v) is 4.58. The van der Waals surface area contributed by atoms with Crippen molar-refractivity contribution in [3.63, 3.8) is 0 Å². The Morgan fingerprint density at radius 1 is 1.17 bits per heavy atom. The highest BCUT2D eigenvalue weighted by Crippen LogP contribution is 2.26. The Bertz CT molecular complexity index is 876. The van der Waals surface area contributed by atoms with Crippen molar-refractivity contribution in [2.75, 3.05) is 5.84 Å². The van der Waals surface area contributed by atoms with Gasteiger partial charge in [-0.15, -0.1) is 10.2 Å². The number of nitrogens with two attached hydrogens (primary N) is 1. The minimum atomic E-state index is -0.415. The number of hydrogen-bond acceptors (Lipinski definition) is 6. The first-order valence-electron chi connectivity index (χ1n) is 7.19. The van der Waals surface area contributed by atoms with Crippen molar-refractivity contribution in [2.45, 2.75) is 17.8 Å². The predicted molar refractivity (Wildman–Crippen MR) is 93.0 cm³/mol. The Morgan fingerprint density at radius 2 is 1.88 bits per heavy atom. The van der Waals surface area contributed by atoms with Crippen molar-refractivity contribution in [3.8, 4) is 11.4 Å². The van der Waals surface area contributed by atoms with E-state index in [1.54, 1.807) is 12.1 Å². The van der Waals surface area contributed by atoms with Crippen LogP contribution >= 0.6 is 11.8 Å². The molecule has 1 aromatic heterocycles. The maximum Gasteiger partial charge on any atom is 0.269 e. The molecule has 8 heteroatoms. The summed E-state index contributed by atoms with van der Waals surface area (Å²) in [5, 5.41) is 19.6. The third kappa shape index (κ3) is 3.23. The van der Waals surface area contributed by atoms with Gasteiger partial charge in [0.25, 0.3) is 5.69 Å². The highest BCUT2D eigenvalue weighted by Gasteiger charge is 2.14. The lowest BCUT2D eigenvalue weighted by molar-refractivity contribution is -0.384. The quantitative estimate of drug-likeness (QED) is 0.331. The van der Waals surface area contributed by atoms with Crippen LogP contribution in [0.5, 0.6) is 0 Å². The van der Waals surface area contributed by atoms with E-state index in [-0.39, 0.29) is 5.69 Å². The van der Waals surface area contributed by atoms with Gasteiger partial charge < -0.3 is 5.84 Å². The van der Waals surface area contributed by atoms with E-state index in [0.29, 0.717) is 16.7 Å². The van der Waals surface area contributed by atoms with Crippen molar-refractivity contribution in [1.29, 1.82) is 0 Å². The average molecular weight is 341 g/mol. The van der Waals surface area contributed by atoms with E-state index in [4.69, 9.17) is 5.84 Å². The summed E-state index contributed by atoms with van der Waals surface area (Å²) in [7, 11) is 0. The standard InChI is InChI=1S/C16H15N5O2S/c1-11-4-2-3-5-14(11)15-18-19-16(20(15)17)24-10-12-6-8-13(9-7-12)21(22)23/h2-9H,10,17H2,1H3. The third-order valence-electron chi connectivity index (χ3n) is 3.57. The molecule has 3 rings (SSSR count). The molecular formula is C16H15N5O2S. The molecule has 1 heterocycles. The molecule has 0 radical (unpaired) electrons. The number of hydrogen-bond donors (Lipinski definition) is 1. The van der Waals surface area contributed by atoms with Gasteiger partial charge in [-0.05, 0) is 18.1 Å². The zero-order chi connectivity index (χ0) is 17.1. The fourth-order valence-electron chi connectivity index (χ4n) is 2.24. The summed E-state index contributed by atoms with van der Waals surface area (Å²) < 4.78 is 1.47. The first kappa shape index (κ1) is 16.0. The van der Waals surface area contributed by atoms with Gasteiger partial charge in [0.15, 0.2) is 5.82 Å². The van der Waals surface area contributed by atoms with Crippen LogP contribution in [0.4, 0.5) is 5.69 Å². The van der Waals surface area contributed by atoms with E-state index < -0.39 is 4.92 Å². The van der Waals surface area contributed by atoms with E-state index in [1.807, 2.05) is 31.2 Å². The molecule has 0 fully saturated rings. The highest BCUT2D eigenvalue weighted by molar-refractivity contribution is 7.98. The van der Waals surface area contributed by atoms with Crippen LogP contribution < -0.4 is 5.84 Å². The molecule has 0 spiro atoms. The number of aromatic nitrogens is 3. The zero-order valence-corrected chi connectivity index (χ0v) is 13.7. The number of nitro groups is 1. The Kier molecular flexibility index (Phi) is 4.48. The van der Waals surface area contributed by atoms with Crippen LogP contribution in [-0.2, 0) is 5.75 Å². The van der Waals surface area contributed by atoms with Crippen LogP contribution in [0.3, 0.4) is 0 Å². The maximum absolute atomic E-state index is 10.7. The van der Waals surface area contributed by atoms with Crippen LogP contribution in [0, 0.1) is 17.0 Å². The van der Waals surface area contributed by atoms with Gasteiger partial charge in [0.2, 0.25) is 5.16 Å². The second-order valence-electron chi connectivity index (χ2n) is 5.20. The second kappa shape index (κ2) is 6.71. The maximum atomic E-state index is 10.7. The number of aryl methyl sites for hydroxylation is 1. The van der Waals surface area contributed by atoms with Crippen LogP contribution in [0.1, 0.15) is 11.1 Å². The number of nitrogen functional groups attached to an aromatic ring is 1. The normalized spacial score (nSPS) is 10.7. The molecule has 0 aliphatic carbocycles. The molecule has 0 saturated heterocycles. The summed E-state index contributed by atoms with van der Waals surface area (Å²) in [6.07, 6.45) is 0. The predicted octanol–water partition coefficient (Wildman–Crippen LogP) is 3.17. The number of rotatable bonds is 5. The van der Waals surface area contributed by atoms with Crippen molar-refractivity contribution < 1.29 is 4.92 Å². The molecule has 0 saturated carbocycles.